The second-order valence-electron chi connectivity index (χ2n) is 4.97. The Bertz CT molecular complexity index is 636. The maximum atomic E-state index is 10.9. The number of nitro benzene ring substituents is 1. The maximum Gasteiger partial charge on any atom is 0.269 e. The minimum Gasteiger partial charge on any atom is -0.375 e. The predicted molar refractivity (Wildman–Crippen MR) is 82.3 cm³/mol. The molecule has 1 unspecified atom stereocenters. The smallest absolute Gasteiger partial charge is 0.269 e. The van der Waals surface area contributed by atoms with E-state index >= 15 is 0 Å². The van der Waals surface area contributed by atoms with Gasteiger partial charge in [0.2, 0.25) is 0 Å². The molecule has 1 aromatic heterocycles. The van der Waals surface area contributed by atoms with Crippen molar-refractivity contribution in [3.05, 3.63) is 51.8 Å². The summed E-state index contributed by atoms with van der Waals surface area (Å²) in [5.41, 5.74) is 3.02. The van der Waals surface area contributed by atoms with Crippen LogP contribution in [0.3, 0.4) is 0 Å². The lowest BCUT2D eigenvalue weighted by atomic mass is 10.0. The second-order valence-corrected chi connectivity index (χ2v) is 4.97. The number of aryl methyl sites for hydroxylation is 2. The van der Waals surface area contributed by atoms with E-state index < -0.39 is 0 Å². The molecule has 0 aliphatic rings. The first kappa shape index (κ1) is 15.0. The molecular formula is C15H20N4O2. The molecule has 0 radical (unpaired) electrons. The monoisotopic (exact) mass is 288 g/mol. The first-order chi connectivity index (χ1) is 10.0. The topological polar surface area (TPSA) is 73.0 Å². The summed E-state index contributed by atoms with van der Waals surface area (Å²) in [6.07, 6.45) is 3.62. The number of nitro groups is 1. The summed E-state index contributed by atoms with van der Waals surface area (Å²) in [5, 5.41) is 18.7. The molecule has 0 spiro atoms. The molecule has 0 amide bonds. The summed E-state index contributed by atoms with van der Waals surface area (Å²) in [4.78, 5) is 10.5. The summed E-state index contributed by atoms with van der Waals surface area (Å²) in [7, 11) is 1.89. The van der Waals surface area contributed by atoms with Crippen molar-refractivity contribution in [1.82, 2.24) is 9.78 Å². The number of nitrogens with one attached hydrogen (secondary N) is 1. The highest BCUT2D eigenvalue weighted by Crippen LogP contribution is 2.27. The summed E-state index contributed by atoms with van der Waals surface area (Å²) >= 11 is 0. The number of aromatic nitrogens is 2. The van der Waals surface area contributed by atoms with Gasteiger partial charge in [-0.1, -0.05) is 26.0 Å². The van der Waals surface area contributed by atoms with Crippen LogP contribution in [0.1, 0.15) is 37.6 Å². The Labute approximate surface area is 123 Å². The van der Waals surface area contributed by atoms with Gasteiger partial charge in [-0.15, -0.1) is 0 Å². The third-order valence-electron chi connectivity index (χ3n) is 3.46. The highest BCUT2D eigenvalue weighted by Gasteiger charge is 2.15. The molecule has 21 heavy (non-hydrogen) atoms. The Hall–Kier alpha value is -2.37. The molecule has 112 valence electrons. The number of anilines is 1. The Kier molecular flexibility index (Phi) is 4.57. The third kappa shape index (κ3) is 3.39. The van der Waals surface area contributed by atoms with Crippen LogP contribution in [-0.2, 0) is 13.5 Å². The van der Waals surface area contributed by atoms with Crippen LogP contribution in [0.5, 0.6) is 0 Å². The minimum atomic E-state index is -0.363. The van der Waals surface area contributed by atoms with Crippen molar-refractivity contribution in [2.75, 3.05) is 5.32 Å². The molecule has 2 rings (SSSR count). The van der Waals surface area contributed by atoms with Crippen molar-refractivity contribution in [2.24, 2.45) is 7.05 Å². The number of non-ortho nitro benzene ring substituents is 1. The van der Waals surface area contributed by atoms with E-state index in [1.165, 1.54) is 6.07 Å². The lowest BCUT2D eigenvalue weighted by molar-refractivity contribution is -0.384. The van der Waals surface area contributed by atoms with Gasteiger partial charge in [0.05, 0.1) is 22.3 Å². The van der Waals surface area contributed by atoms with Crippen molar-refractivity contribution >= 4 is 11.4 Å². The van der Waals surface area contributed by atoms with Gasteiger partial charge in [0.15, 0.2) is 0 Å². The van der Waals surface area contributed by atoms with Crippen LogP contribution in [0.15, 0.2) is 30.5 Å². The van der Waals surface area contributed by atoms with Crippen molar-refractivity contribution in [3.8, 4) is 0 Å². The molecular weight excluding hydrogens is 268 g/mol. The van der Waals surface area contributed by atoms with Crippen molar-refractivity contribution in [3.63, 3.8) is 0 Å². The molecule has 2 aromatic rings. The fraction of sp³-hybridized carbons (Fsp3) is 0.400. The fourth-order valence-electron chi connectivity index (χ4n) is 2.38. The van der Waals surface area contributed by atoms with Gasteiger partial charge in [-0.2, -0.15) is 5.10 Å². The lowest BCUT2D eigenvalue weighted by Crippen LogP contribution is -2.10. The maximum absolute atomic E-state index is 10.9. The molecule has 1 heterocycles. The van der Waals surface area contributed by atoms with Gasteiger partial charge in [0.25, 0.3) is 5.69 Å². The zero-order valence-electron chi connectivity index (χ0n) is 12.5. The minimum absolute atomic E-state index is 0.0272. The van der Waals surface area contributed by atoms with Crippen molar-refractivity contribution in [2.45, 2.75) is 32.7 Å². The largest absolute Gasteiger partial charge is 0.375 e. The SMILES string of the molecule is CCc1nn(C)cc1NC(CC)c1cccc([N+](=O)[O-])c1. The molecule has 0 fully saturated rings. The van der Waals surface area contributed by atoms with Gasteiger partial charge in [-0.25, -0.2) is 0 Å². The summed E-state index contributed by atoms with van der Waals surface area (Å²) in [5.74, 6) is 0. The molecule has 0 aliphatic carbocycles. The first-order valence-corrected chi connectivity index (χ1v) is 7.08. The molecule has 0 bridgehead atoms. The van der Waals surface area contributed by atoms with E-state index in [9.17, 15) is 10.1 Å². The van der Waals surface area contributed by atoms with E-state index in [2.05, 4.69) is 24.3 Å². The summed E-state index contributed by atoms with van der Waals surface area (Å²) < 4.78 is 1.78. The zero-order valence-corrected chi connectivity index (χ0v) is 12.5. The molecule has 0 saturated carbocycles. The van der Waals surface area contributed by atoms with Crippen molar-refractivity contribution in [1.29, 1.82) is 0 Å². The molecule has 0 saturated heterocycles. The van der Waals surface area contributed by atoms with Gasteiger partial charge in [0, 0.05) is 25.4 Å². The van der Waals surface area contributed by atoms with Gasteiger partial charge in [0.1, 0.15) is 0 Å². The number of hydrogen-bond donors (Lipinski definition) is 1. The van der Waals surface area contributed by atoms with Crippen LogP contribution < -0.4 is 5.32 Å². The average molecular weight is 288 g/mol. The second kappa shape index (κ2) is 6.39. The Morgan fingerprint density at radius 2 is 2.19 bits per heavy atom. The van der Waals surface area contributed by atoms with E-state index in [1.54, 1.807) is 16.8 Å². The Balaban J connectivity index is 2.27. The van der Waals surface area contributed by atoms with Crippen LogP contribution in [0, 0.1) is 10.1 Å². The predicted octanol–water partition coefficient (Wildman–Crippen LogP) is 3.45. The highest BCUT2D eigenvalue weighted by atomic mass is 16.6. The van der Waals surface area contributed by atoms with E-state index in [0.29, 0.717) is 0 Å². The third-order valence-corrected chi connectivity index (χ3v) is 3.46. The van der Waals surface area contributed by atoms with E-state index in [0.717, 1.165) is 29.8 Å². The van der Waals surface area contributed by atoms with E-state index in [1.807, 2.05) is 19.3 Å². The Morgan fingerprint density at radius 1 is 1.43 bits per heavy atom. The molecule has 6 heteroatoms. The average Bonchev–Trinajstić information content (AvgIpc) is 2.84. The van der Waals surface area contributed by atoms with E-state index in [-0.39, 0.29) is 16.7 Å². The zero-order chi connectivity index (χ0) is 15.4. The summed E-state index contributed by atoms with van der Waals surface area (Å²) in [6, 6.07) is 6.80. The fourth-order valence-corrected chi connectivity index (χ4v) is 2.38. The standard InChI is InChI=1S/C15H20N4O2/c1-4-13(11-7-6-8-12(9-11)19(20)21)16-15-10-18(3)17-14(15)5-2/h6-10,13,16H,4-5H2,1-3H3. The molecule has 1 N–H and O–H groups in total. The first-order valence-electron chi connectivity index (χ1n) is 7.08. The van der Waals surface area contributed by atoms with Gasteiger partial charge >= 0.3 is 0 Å². The van der Waals surface area contributed by atoms with Crippen LogP contribution in [0.4, 0.5) is 11.4 Å². The van der Waals surface area contributed by atoms with E-state index in [4.69, 9.17) is 0 Å². The van der Waals surface area contributed by atoms with Crippen LogP contribution in [0.25, 0.3) is 0 Å². The number of hydrogen-bond acceptors (Lipinski definition) is 4. The van der Waals surface area contributed by atoms with Gasteiger partial charge in [-0.05, 0) is 18.4 Å². The summed E-state index contributed by atoms with van der Waals surface area (Å²) in [6.45, 7) is 4.11. The number of nitrogens with zero attached hydrogens (tertiary/aromatic N) is 3. The van der Waals surface area contributed by atoms with Crippen LogP contribution >= 0.6 is 0 Å². The van der Waals surface area contributed by atoms with Crippen molar-refractivity contribution < 1.29 is 4.92 Å². The number of benzene rings is 1. The molecule has 1 aromatic carbocycles. The normalized spacial score (nSPS) is 12.1. The molecule has 1 atom stereocenters. The molecule has 0 aliphatic heterocycles. The van der Waals surface area contributed by atoms with Gasteiger partial charge < -0.3 is 5.32 Å². The Morgan fingerprint density at radius 3 is 2.81 bits per heavy atom. The quantitative estimate of drug-likeness (QED) is 0.652. The van der Waals surface area contributed by atoms with Crippen LogP contribution in [-0.4, -0.2) is 14.7 Å². The van der Waals surface area contributed by atoms with Gasteiger partial charge in [-0.3, -0.25) is 14.8 Å². The lowest BCUT2D eigenvalue weighted by Gasteiger charge is -2.18. The van der Waals surface area contributed by atoms with Crippen LogP contribution in [0.2, 0.25) is 0 Å². The number of rotatable bonds is 6. The highest BCUT2D eigenvalue weighted by molar-refractivity contribution is 5.49. The molecule has 6 nitrogen and oxygen atoms in total.